The molecule has 3 rings (SSSR count). The van der Waals surface area contributed by atoms with Gasteiger partial charge in [-0.1, -0.05) is 11.6 Å². The first-order valence-electron chi connectivity index (χ1n) is 6.71. The first-order chi connectivity index (χ1) is 9.74. The fraction of sp³-hybridized carbons (Fsp3) is 0.357. The van der Waals surface area contributed by atoms with Gasteiger partial charge in [0.1, 0.15) is 0 Å². The number of aryl methyl sites for hydroxylation is 1. The molecule has 0 atom stereocenters. The van der Waals surface area contributed by atoms with E-state index in [0.29, 0.717) is 17.8 Å². The molecule has 3 N–H and O–H groups in total. The van der Waals surface area contributed by atoms with Gasteiger partial charge in [0.15, 0.2) is 5.65 Å². The lowest BCUT2D eigenvalue weighted by Gasteiger charge is -2.14. The standard InChI is InChI=1S/C14H17N5O/c1-9-12-6-11(8-16-13(12)19-18-9)14(20)17-7-10-2-4-15-5-3-10/h2,6,8,15H,3-5,7H2,1H3,(H,17,20)(H,16,18,19). The molecule has 0 aliphatic carbocycles. The molecule has 3 heterocycles. The molecule has 2 aromatic heterocycles. The van der Waals surface area contributed by atoms with Crippen molar-refractivity contribution in [1.82, 2.24) is 25.8 Å². The average Bonchev–Trinajstić information content (AvgIpc) is 2.87. The molecule has 0 saturated carbocycles. The molecule has 0 bridgehead atoms. The lowest BCUT2D eigenvalue weighted by atomic mass is 10.1. The van der Waals surface area contributed by atoms with Gasteiger partial charge < -0.3 is 10.6 Å². The van der Waals surface area contributed by atoms with Crippen molar-refractivity contribution < 1.29 is 4.79 Å². The maximum atomic E-state index is 12.1. The van der Waals surface area contributed by atoms with Gasteiger partial charge in [-0.15, -0.1) is 0 Å². The quantitative estimate of drug-likeness (QED) is 0.725. The van der Waals surface area contributed by atoms with Crippen molar-refractivity contribution in [2.75, 3.05) is 19.6 Å². The number of carbonyl (C=O) groups is 1. The van der Waals surface area contributed by atoms with E-state index in [0.717, 1.165) is 30.6 Å². The van der Waals surface area contributed by atoms with Crippen LogP contribution in [0.3, 0.4) is 0 Å². The predicted octanol–water partition coefficient (Wildman–Crippen LogP) is 0.916. The maximum Gasteiger partial charge on any atom is 0.253 e. The van der Waals surface area contributed by atoms with E-state index in [9.17, 15) is 4.79 Å². The fourth-order valence-electron chi connectivity index (χ4n) is 2.27. The van der Waals surface area contributed by atoms with Gasteiger partial charge in [0.05, 0.1) is 5.56 Å². The lowest BCUT2D eigenvalue weighted by molar-refractivity contribution is 0.0956. The summed E-state index contributed by atoms with van der Waals surface area (Å²) in [5.41, 5.74) is 3.39. The molecular weight excluding hydrogens is 254 g/mol. The second kappa shape index (κ2) is 5.42. The van der Waals surface area contributed by atoms with Crippen LogP contribution in [-0.2, 0) is 0 Å². The second-order valence-electron chi connectivity index (χ2n) is 4.94. The molecule has 0 unspecified atom stereocenters. The highest BCUT2D eigenvalue weighted by Gasteiger charge is 2.11. The van der Waals surface area contributed by atoms with Crippen molar-refractivity contribution >= 4 is 16.9 Å². The number of aromatic nitrogens is 3. The number of amides is 1. The second-order valence-corrected chi connectivity index (χ2v) is 4.94. The number of hydrogen-bond donors (Lipinski definition) is 3. The molecule has 104 valence electrons. The summed E-state index contributed by atoms with van der Waals surface area (Å²) in [6, 6.07) is 1.83. The summed E-state index contributed by atoms with van der Waals surface area (Å²) in [5, 5.41) is 14.0. The Bertz CT molecular complexity index is 673. The van der Waals surface area contributed by atoms with E-state index < -0.39 is 0 Å². The summed E-state index contributed by atoms with van der Waals surface area (Å²) < 4.78 is 0. The Hall–Kier alpha value is -2.21. The summed E-state index contributed by atoms with van der Waals surface area (Å²) in [6.45, 7) is 4.37. The number of nitrogens with zero attached hydrogens (tertiary/aromatic N) is 2. The zero-order valence-corrected chi connectivity index (χ0v) is 11.4. The zero-order valence-electron chi connectivity index (χ0n) is 11.4. The third-order valence-electron chi connectivity index (χ3n) is 3.50. The summed E-state index contributed by atoms with van der Waals surface area (Å²) in [4.78, 5) is 16.3. The number of aromatic amines is 1. The van der Waals surface area contributed by atoms with Gasteiger partial charge in [-0.25, -0.2) is 4.98 Å². The van der Waals surface area contributed by atoms with Gasteiger partial charge in [0, 0.05) is 30.4 Å². The van der Waals surface area contributed by atoms with E-state index in [1.807, 2.05) is 13.0 Å². The minimum absolute atomic E-state index is 0.0977. The molecule has 0 radical (unpaired) electrons. The molecule has 1 aliphatic rings. The normalized spacial score (nSPS) is 15.2. The van der Waals surface area contributed by atoms with Crippen molar-refractivity contribution in [3.05, 3.63) is 35.2 Å². The van der Waals surface area contributed by atoms with Crippen LogP contribution in [0.4, 0.5) is 0 Å². The van der Waals surface area contributed by atoms with Crippen LogP contribution in [0, 0.1) is 6.92 Å². The van der Waals surface area contributed by atoms with Crippen LogP contribution < -0.4 is 10.6 Å². The van der Waals surface area contributed by atoms with Crippen molar-refractivity contribution in [2.24, 2.45) is 0 Å². The van der Waals surface area contributed by atoms with Crippen molar-refractivity contribution in [2.45, 2.75) is 13.3 Å². The number of rotatable bonds is 3. The monoisotopic (exact) mass is 271 g/mol. The largest absolute Gasteiger partial charge is 0.348 e. The molecule has 6 nitrogen and oxygen atoms in total. The van der Waals surface area contributed by atoms with Gasteiger partial charge in [-0.3, -0.25) is 9.89 Å². The smallest absolute Gasteiger partial charge is 0.253 e. The molecular formula is C14H17N5O. The first-order valence-corrected chi connectivity index (χ1v) is 6.71. The summed E-state index contributed by atoms with van der Waals surface area (Å²) >= 11 is 0. The first kappa shape index (κ1) is 12.8. The number of hydrogen-bond acceptors (Lipinski definition) is 4. The summed E-state index contributed by atoms with van der Waals surface area (Å²) in [5.74, 6) is -0.0977. The molecule has 1 aliphatic heterocycles. The molecule has 20 heavy (non-hydrogen) atoms. The fourth-order valence-corrected chi connectivity index (χ4v) is 2.27. The van der Waals surface area contributed by atoms with Crippen LogP contribution in [0.25, 0.3) is 11.0 Å². The Balaban J connectivity index is 1.71. The third-order valence-corrected chi connectivity index (χ3v) is 3.50. The Kier molecular flexibility index (Phi) is 3.47. The number of pyridine rings is 1. The summed E-state index contributed by atoms with van der Waals surface area (Å²) in [6.07, 6.45) is 4.68. The topological polar surface area (TPSA) is 82.7 Å². The molecule has 0 saturated heterocycles. The molecule has 1 amide bonds. The van der Waals surface area contributed by atoms with E-state index in [1.165, 1.54) is 5.57 Å². The molecule has 0 spiro atoms. The van der Waals surface area contributed by atoms with Crippen molar-refractivity contribution in [1.29, 1.82) is 0 Å². The van der Waals surface area contributed by atoms with E-state index in [4.69, 9.17) is 0 Å². The van der Waals surface area contributed by atoms with E-state index in [1.54, 1.807) is 6.20 Å². The summed E-state index contributed by atoms with van der Waals surface area (Å²) in [7, 11) is 0. The Morgan fingerprint density at radius 2 is 2.40 bits per heavy atom. The highest BCUT2D eigenvalue weighted by molar-refractivity contribution is 5.97. The Labute approximate surface area is 116 Å². The van der Waals surface area contributed by atoms with Crippen LogP contribution in [0.15, 0.2) is 23.9 Å². The van der Waals surface area contributed by atoms with Crippen molar-refractivity contribution in [3.8, 4) is 0 Å². The van der Waals surface area contributed by atoms with E-state index in [-0.39, 0.29) is 5.91 Å². The van der Waals surface area contributed by atoms with Gasteiger partial charge in [0.2, 0.25) is 0 Å². The highest BCUT2D eigenvalue weighted by atomic mass is 16.1. The van der Waals surface area contributed by atoms with E-state index >= 15 is 0 Å². The minimum Gasteiger partial charge on any atom is -0.348 e. The highest BCUT2D eigenvalue weighted by Crippen LogP contribution is 2.14. The van der Waals surface area contributed by atoms with Crippen LogP contribution >= 0.6 is 0 Å². The van der Waals surface area contributed by atoms with Crippen LogP contribution in [-0.4, -0.2) is 40.7 Å². The third kappa shape index (κ3) is 2.55. The molecule has 0 fully saturated rings. The number of nitrogens with one attached hydrogen (secondary N) is 3. The maximum absolute atomic E-state index is 12.1. The molecule has 2 aromatic rings. The zero-order chi connectivity index (χ0) is 13.9. The molecule has 0 aromatic carbocycles. The van der Waals surface area contributed by atoms with E-state index in [2.05, 4.69) is 31.9 Å². The minimum atomic E-state index is -0.0977. The Morgan fingerprint density at radius 1 is 1.50 bits per heavy atom. The van der Waals surface area contributed by atoms with Crippen LogP contribution in [0.2, 0.25) is 0 Å². The SMILES string of the molecule is Cc1[nH]nc2ncc(C(=O)NCC3=CCNCC3)cc12. The predicted molar refractivity (Wildman–Crippen MR) is 76.5 cm³/mol. The number of fused-ring (bicyclic) bond motifs is 1. The average molecular weight is 271 g/mol. The lowest BCUT2D eigenvalue weighted by Crippen LogP contribution is -2.29. The van der Waals surface area contributed by atoms with Gasteiger partial charge >= 0.3 is 0 Å². The number of H-pyrrole nitrogens is 1. The molecule has 6 heteroatoms. The Morgan fingerprint density at radius 3 is 3.20 bits per heavy atom. The number of carbonyl (C=O) groups excluding carboxylic acids is 1. The van der Waals surface area contributed by atoms with Crippen molar-refractivity contribution in [3.63, 3.8) is 0 Å². The van der Waals surface area contributed by atoms with Gasteiger partial charge in [0.25, 0.3) is 5.91 Å². The van der Waals surface area contributed by atoms with Crippen LogP contribution in [0.1, 0.15) is 22.5 Å². The van der Waals surface area contributed by atoms with Crippen LogP contribution in [0.5, 0.6) is 0 Å². The van der Waals surface area contributed by atoms with Gasteiger partial charge in [-0.2, -0.15) is 5.10 Å². The van der Waals surface area contributed by atoms with Gasteiger partial charge in [-0.05, 0) is 26.0 Å².